The van der Waals surface area contributed by atoms with Crippen LogP contribution in [0.1, 0.15) is 46.5 Å². The highest BCUT2D eigenvalue weighted by Crippen LogP contribution is 2.63. The van der Waals surface area contributed by atoms with Crippen molar-refractivity contribution >= 4 is 29.2 Å². The Balaban J connectivity index is 1.73. The van der Waals surface area contributed by atoms with E-state index < -0.39 is 35.0 Å². The van der Waals surface area contributed by atoms with Crippen molar-refractivity contribution in [2.45, 2.75) is 63.7 Å². The highest BCUT2D eigenvalue weighted by atomic mass is 16.6. The fourth-order valence-electron chi connectivity index (χ4n) is 6.96. The van der Waals surface area contributed by atoms with Crippen LogP contribution in [0, 0.1) is 11.8 Å². The smallest absolute Gasteiger partial charge is 0.313 e. The minimum atomic E-state index is -1.14. The Morgan fingerprint density at radius 1 is 1.12 bits per heavy atom. The number of carbonyl (C=O) groups excluding carboxylic acids is 3. The van der Waals surface area contributed by atoms with Gasteiger partial charge < -0.3 is 29.3 Å². The molecule has 218 valence electrons. The van der Waals surface area contributed by atoms with Crippen LogP contribution < -0.4 is 9.80 Å². The van der Waals surface area contributed by atoms with E-state index in [-0.39, 0.29) is 38.1 Å². The molecule has 1 N–H and O–H groups in total. The van der Waals surface area contributed by atoms with Crippen LogP contribution in [0.4, 0.5) is 11.4 Å². The van der Waals surface area contributed by atoms with Gasteiger partial charge in [-0.2, -0.15) is 0 Å². The number of aliphatic hydroxyl groups is 1. The van der Waals surface area contributed by atoms with Gasteiger partial charge in [0, 0.05) is 44.2 Å². The second kappa shape index (κ2) is 12.1. The zero-order valence-electron chi connectivity index (χ0n) is 24.0. The quantitative estimate of drug-likeness (QED) is 0.214. The molecule has 2 amide bonds. The van der Waals surface area contributed by atoms with Gasteiger partial charge in [-0.15, -0.1) is 6.58 Å². The van der Waals surface area contributed by atoms with Crippen molar-refractivity contribution in [3.63, 3.8) is 0 Å². The topological polar surface area (TPSA) is 99.6 Å². The number of anilines is 2. The number of unbranched alkanes of at least 4 members (excludes halogenated alkanes) is 1. The third kappa shape index (κ3) is 4.94. The highest BCUT2D eigenvalue weighted by Gasteiger charge is 2.78. The summed E-state index contributed by atoms with van der Waals surface area (Å²) >= 11 is 0. The molecule has 9 heteroatoms. The summed E-state index contributed by atoms with van der Waals surface area (Å²) in [5.41, 5.74) is -0.278. The molecule has 0 radical (unpaired) electrons. The molecule has 1 aromatic carbocycles. The Bertz CT molecular complexity index is 1120. The summed E-state index contributed by atoms with van der Waals surface area (Å²) in [6, 6.07) is 6.91. The van der Waals surface area contributed by atoms with Gasteiger partial charge in [0.05, 0.1) is 11.5 Å². The van der Waals surface area contributed by atoms with Gasteiger partial charge in [-0.1, -0.05) is 18.7 Å². The minimum Gasteiger partial charge on any atom is -0.461 e. The van der Waals surface area contributed by atoms with Crippen LogP contribution in [0.5, 0.6) is 0 Å². The van der Waals surface area contributed by atoms with Crippen LogP contribution in [0.15, 0.2) is 49.6 Å². The molecule has 5 atom stereocenters. The lowest BCUT2D eigenvalue weighted by Crippen LogP contribution is -2.56. The van der Waals surface area contributed by atoms with Crippen LogP contribution in [-0.2, 0) is 23.9 Å². The predicted molar refractivity (Wildman–Crippen MR) is 154 cm³/mol. The van der Waals surface area contributed by atoms with Crippen LogP contribution in [0.3, 0.4) is 0 Å². The number of carbonyl (C=O) groups is 3. The minimum absolute atomic E-state index is 0.0121. The number of esters is 1. The number of likely N-dealkylation sites (tertiary alicyclic amines) is 1. The molecule has 2 bridgehead atoms. The second-order valence-corrected chi connectivity index (χ2v) is 11.0. The molecule has 0 saturated carbocycles. The largest absolute Gasteiger partial charge is 0.461 e. The Hall–Kier alpha value is -3.17. The van der Waals surface area contributed by atoms with Crippen molar-refractivity contribution in [1.82, 2.24) is 4.90 Å². The first-order chi connectivity index (χ1) is 19.2. The van der Waals surface area contributed by atoms with Crippen LogP contribution in [0.2, 0.25) is 0 Å². The lowest BCUT2D eigenvalue weighted by atomic mass is 9.66. The number of amides is 2. The standard InChI is InChI=1S/C31H43N3O6/c1-6-18-33(23-14-12-22(13-15-23)32(8-3)9-4)28(37)26-31-17-16-30(5,40-31)25(29(38)39-21-7-2)24(31)27(36)34(26)19-10-11-20-35/h6-7,12-15,24-26,35H,1-2,8-11,16-21H2,3-5H3/t24-,25-,26?,30+,31?/m0/s1. The molecule has 1 spiro atoms. The van der Waals surface area contributed by atoms with E-state index in [0.717, 1.165) is 18.8 Å². The summed E-state index contributed by atoms with van der Waals surface area (Å²) in [5.74, 6) is -2.66. The van der Waals surface area contributed by atoms with E-state index in [1.54, 1.807) is 15.9 Å². The predicted octanol–water partition coefficient (Wildman–Crippen LogP) is 3.32. The molecular weight excluding hydrogens is 510 g/mol. The molecule has 3 saturated heterocycles. The Morgan fingerprint density at radius 2 is 1.80 bits per heavy atom. The van der Waals surface area contributed by atoms with Gasteiger partial charge in [-0.25, -0.2) is 0 Å². The molecule has 40 heavy (non-hydrogen) atoms. The van der Waals surface area contributed by atoms with Crippen molar-refractivity contribution in [3.05, 3.63) is 49.6 Å². The van der Waals surface area contributed by atoms with Crippen LogP contribution in [-0.4, -0.2) is 84.4 Å². The molecule has 2 unspecified atom stereocenters. The molecule has 3 aliphatic rings. The third-order valence-corrected chi connectivity index (χ3v) is 8.78. The van der Waals surface area contributed by atoms with Gasteiger partial charge in [0.2, 0.25) is 5.91 Å². The molecule has 3 heterocycles. The molecule has 1 aromatic rings. The first-order valence-electron chi connectivity index (χ1n) is 14.4. The van der Waals surface area contributed by atoms with Crippen molar-refractivity contribution in [2.75, 3.05) is 49.2 Å². The SMILES string of the molecule is C=CCOC(=O)[C@@H]1[C@H]2C(=O)N(CCCCO)C(C(=O)N(CC=C)c3ccc(N(CC)CC)cc3)C23CC[C@@]1(C)O3. The number of fused-ring (bicyclic) bond motifs is 1. The van der Waals surface area contributed by atoms with E-state index in [9.17, 15) is 19.5 Å². The molecular formula is C31H43N3O6. The highest BCUT2D eigenvalue weighted by molar-refractivity contribution is 6.05. The molecule has 0 aromatic heterocycles. The summed E-state index contributed by atoms with van der Waals surface area (Å²) in [7, 11) is 0. The van der Waals surface area contributed by atoms with E-state index in [0.29, 0.717) is 31.4 Å². The number of benzene rings is 1. The first-order valence-corrected chi connectivity index (χ1v) is 14.4. The van der Waals surface area contributed by atoms with Gasteiger partial charge in [-0.3, -0.25) is 14.4 Å². The zero-order valence-corrected chi connectivity index (χ0v) is 24.0. The van der Waals surface area contributed by atoms with E-state index >= 15 is 0 Å². The Morgan fingerprint density at radius 3 is 2.40 bits per heavy atom. The average molecular weight is 554 g/mol. The van der Waals surface area contributed by atoms with Gasteiger partial charge in [0.1, 0.15) is 24.2 Å². The summed E-state index contributed by atoms with van der Waals surface area (Å²) in [5, 5.41) is 9.39. The number of nitrogens with zero attached hydrogens (tertiary/aromatic N) is 3. The van der Waals surface area contributed by atoms with E-state index in [1.165, 1.54) is 6.08 Å². The normalized spacial score (nSPS) is 28.4. The lowest BCUT2D eigenvalue weighted by molar-refractivity contribution is -0.158. The van der Waals surface area contributed by atoms with Gasteiger partial charge in [-0.05, 0) is 70.7 Å². The monoisotopic (exact) mass is 553 g/mol. The summed E-state index contributed by atoms with van der Waals surface area (Å²) in [6.45, 7) is 15.8. The maximum Gasteiger partial charge on any atom is 0.313 e. The summed E-state index contributed by atoms with van der Waals surface area (Å²) in [4.78, 5) is 47.3. The van der Waals surface area contributed by atoms with Crippen molar-refractivity contribution in [3.8, 4) is 0 Å². The van der Waals surface area contributed by atoms with Gasteiger partial charge in [0.15, 0.2) is 0 Å². The number of aliphatic hydroxyl groups excluding tert-OH is 1. The molecule has 3 aliphatic heterocycles. The average Bonchev–Trinajstić information content (AvgIpc) is 3.52. The number of hydrogen-bond acceptors (Lipinski definition) is 7. The number of hydrogen-bond donors (Lipinski definition) is 1. The summed E-state index contributed by atoms with van der Waals surface area (Å²) < 4.78 is 12.1. The Labute approximate surface area is 237 Å². The van der Waals surface area contributed by atoms with Gasteiger partial charge >= 0.3 is 5.97 Å². The van der Waals surface area contributed by atoms with E-state index in [2.05, 4.69) is 31.9 Å². The molecule has 4 rings (SSSR count). The van der Waals surface area contributed by atoms with Crippen molar-refractivity contribution in [1.29, 1.82) is 0 Å². The van der Waals surface area contributed by atoms with Gasteiger partial charge in [0.25, 0.3) is 5.91 Å². The first kappa shape index (κ1) is 29.8. The van der Waals surface area contributed by atoms with Crippen molar-refractivity contribution in [2.24, 2.45) is 11.8 Å². The fourth-order valence-corrected chi connectivity index (χ4v) is 6.96. The zero-order chi connectivity index (χ0) is 29.1. The van der Waals surface area contributed by atoms with E-state index in [4.69, 9.17) is 9.47 Å². The third-order valence-electron chi connectivity index (χ3n) is 8.78. The molecule has 0 aliphatic carbocycles. The van der Waals surface area contributed by atoms with Crippen LogP contribution in [0.25, 0.3) is 0 Å². The molecule has 9 nitrogen and oxygen atoms in total. The number of ether oxygens (including phenoxy) is 2. The Kier molecular flexibility index (Phi) is 9.05. The fraction of sp³-hybridized carbons (Fsp3) is 0.581. The maximum atomic E-state index is 14.5. The van der Waals surface area contributed by atoms with Crippen molar-refractivity contribution < 1.29 is 29.0 Å². The molecule has 3 fully saturated rings. The summed E-state index contributed by atoms with van der Waals surface area (Å²) in [6.07, 6.45) is 5.21. The second-order valence-electron chi connectivity index (χ2n) is 11.0. The maximum absolute atomic E-state index is 14.5. The lowest BCUT2D eigenvalue weighted by Gasteiger charge is -2.37. The van der Waals surface area contributed by atoms with Crippen LogP contribution >= 0.6 is 0 Å². The number of rotatable bonds is 14. The van der Waals surface area contributed by atoms with E-state index in [1.807, 2.05) is 31.2 Å².